The van der Waals surface area contributed by atoms with E-state index in [0.717, 1.165) is 11.3 Å². The third-order valence-corrected chi connectivity index (χ3v) is 3.65. The van der Waals surface area contributed by atoms with E-state index in [1.165, 1.54) is 5.56 Å². The minimum absolute atomic E-state index is 0.101. The number of rotatable bonds is 4. The summed E-state index contributed by atoms with van der Waals surface area (Å²) in [6.45, 7) is 7.27. The molecule has 1 nitrogen and oxygen atoms in total. The van der Waals surface area contributed by atoms with Gasteiger partial charge in [-0.25, -0.2) is 6.57 Å². The van der Waals surface area contributed by atoms with E-state index in [1.807, 2.05) is 48.5 Å². The molecule has 0 heterocycles. The van der Waals surface area contributed by atoms with Gasteiger partial charge in [-0.1, -0.05) is 72.4 Å². The van der Waals surface area contributed by atoms with Crippen molar-refractivity contribution in [2.75, 3.05) is 0 Å². The monoisotopic (exact) mass is 239 g/mol. The zero-order valence-electron chi connectivity index (χ0n) is 9.41. The lowest BCUT2D eigenvalue weighted by molar-refractivity contribution is 1.21. The van der Waals surface area contributed by atoms with Gasteiger partial charge in [0.2, 0.25) is 0 Å². The third kappa shape index (κ3) is 3.37. The lowest BCUT2D eigenvalue weighted by atomic mass is 10.2. The highest BCUT2D eigenvalue weighted by Gasteiger charge is 2.15. The van der Waals surface area contributed by atoms with Crippen molar-refractivity contribution in [2.45, 2.75) is 11.1 Å². The first-order valence-electron chi connectivity index (χ1n) is 5.47. The van der Waals surface area contributed by atoms with E-state index in [0.29, 0.717) is 0 Å². The lowest BCUT2D eigenvalue weighted by Gasteiger charge is -2.05. The first kappa shape index (κ1) is 11.8. The van der Waals surface area contributed by atoms with Crippen molar-refractivity contribution < 1.29 is 0 Å². The van der Waals surface area contributed by atoms with E-state index in [9.17, 15) is 0 Å². The Balaban J connectivity index is 2.01. The molecule has 2 rings (SSSR count). The van der Waals surface area contributed by atoms with E-state index < -0.39 is 0 Å². The molecule has 0 spiro atoms. The molecule has 0 aromatic heterocycles. The van der Waals surface area contributed by atoms with Gasteiger partial charge in [-0.2, -0.15) is 0 Å². The molecule has 0 amide bonds. The van der Waals surface area contributed by atoms with Crippen LogP contribution in [0.1, 0.15) is 16.5 Å². The summed E-state index contributed by atoms with van der Waals surface area (Å²) in [7, 11) is 0. The summed E-state index contributed by atoms with van der Waals surface area (Å²) in [5.41, 5.74) is 2.35. The average Bonchev–Trinajstić information content (AvgIpc) is 2.42. The minimum atomic E-state index is -0.101. The van der Waals surface area contributed by atoms with Gasteiger partial charge in [-0.05, 0) is 5.56 Å². The second kappa shape index (κ2) is 6.12. The van der Waals surface area contributed by atoms with Gasteiger partial charge >= 0.3 is 0 Å². The minimum Gasteiger partial charge on any atom is -0.297 e. The maximum atomic E-state index is 7.27. The summed E-state index contributed by atoms with van der Waals surface area (Å²) in [5.74, 6) is 0.878. The SMILES string of the molecule is [C-]#[N+]C(SCc1ccccc1)c1ccccc1. The quantitative estimate of drug-likeness (QED) is 0.709. The van der Waals surface area contributed by atoms with Crippen LogP contribution in [0.25, 0.3) is 4.85 Å². The van der Waals surface area contributed by atoms with E-state index in [1.54, 1.807) is 11.8 Å². The van der Waals surface area contributed by atoms with Gasteiger partial charge in [0.05, 0.1) is 0 Å². The predicted octanol–water partition coefficient (Wildman–Crippen LogP) is 4.54. The van der Waals surface area contributed by atoms with Crippen LogP contribution >= 0.6 is 11.8 Å². The van der Waals surface area contributed by atoms with Crippen LogP contribution in [0.2, 0.25) is 0 Å². The summed E-state index contributed by atoms with van der Waals surface area (Å²) < 4.78 is 0. The summed E-state index contributed by atoms with van der Waals surface area (Å²) in [6.07, 6.45) is 0. The molecule has 2 aromatic carbocycles. The van der Waals surface area contributed by atoms with Gasteiger partial charge in [0.25, 0.3) is 5.37 Å². The highest BCUT2D eigenvalue weighted by molar-refractivity contribution is 7.98. The number of hydrogen-bond acceptors (Lipinski definition) is 1. The van der Waals surface area contributed by atoms with Gasteiger partial charge in [0.15, 0.2) is 0 Å². The van der Waals surface area contributed by atoms with Crippen LogP contribution in [0.5, 0.6) is 0 Å². The second-order valence-corrected chi connectivity index (χ2v) is 4.76. The highest BCUT2D eigenvalue weighted by atomic mass is 32.2. The van der Waals surface area contributed by atoms with Gasteiger partial charge in [0, 0.05) is 11.3 Å². The van der Waals surface area contributed by atoms with E-state index >= 15 is 0 Å². The molecule has 0 N–H and O–H groups in total. The van der Waals surface area contributed by atoms with Crippen molar-refractivity contribution in [1.82, 2.24) is 0 Å². The molecule has 0 radical (unpaired) electrons. The molecule has 0 aliphatic rings. The van der Waals surface area contributed by atoms with Crippen molar-refractivity contribution in [1.29, 1.82) is 0 Å². The molecule has 17 heavy (non-hydrogen) atoms. The van der Waals surface area contributed by atoms with E-state index in [-0.39, 0.29) is 5.37 Å². The molecule has 0 bridgehead atoms. The van der Waals surface area contributed by atoms with Crippen LogP contribution in [-0.4, -0.2) is 0 Å². The summed E-state index contributed by atoms with van der Waals surface area (Å²) in [6, 6.07) is 20.2. The standard InChI is InChI=1S/C15H13NS/c1-16-15(14-10-6-3-7-11-14)17-12-13-8-4-2-5-9-13/h2-11,15H,12H2. The molecule has 0 aliphatic carbocycles. The van der Waals surface area contributed by atoms with Crippen molar-refractivity contribution in [3.05, 3.63) is 83.2 Å². The topological polar surface area (TPSA) is 4.36 Å². The molecule has 1 atom stereocenters. The maximum Gasteiger partial charge on any atom is 0.294 e. The van der Waals surface area contributed by atoms with Crippen molar-refractivity contribution in [3.8, 4) is 0 Å². The summed E-state index contributed by atoms with van der Waals surface area (Å²) >= 11 is 1.67. The fraction of sp³-hybridized carbons (Fsp3) is 0.133. The Morgan fingerprint density at radius 2 is 1.53 bits per heavy atom. The van der Waals surface area contributed by atoms with Gasteiger partial charge in [-0.15, -0.1) is 0 Å². The predicted molar refractivity (Wildman–Crippen MR) is 73.5 cm³/mol. The lowest BCUT2D eigenvalue weighted by Crippen LogP contribution is -1.89. The Bertz CT molecular complexity index is 487. The van der Waals surface area contributed by atoms with Crippen LogP contribution in [0.3, 0.4) is 0 Å². The Morgan fingerprint density at radius 1 is 0.941 bits per heavy atom. The average molecular weight is 239 g/mol. The van der Waals surface area contributed by atoms with Crippen molar-refractivity contribution >= 4 is 11.8 Å². The zero-order chi connectivity index (χ0) is 11.9. The highest BCUT2D eigenvalue weighted by Crippen LogP contribution is 2.32. The molecular weight excluding hydrogens is 226 g/mol. The van der Waals surface area contributed by atoms with E-state index in [4.69, 9.17) is 6.57 Å². The summed E-state index contributed by atoms with van der Waals surface area (Å²) in [5, 5.41) is -0.101. The fourth-order valence-corrected chi connectivity index (χ4v) is 2.54. The first-order valence-corrected chi connectivity index (χ1v) is 6.52. The number of thioether (sulfide) groups is 1. The molecule has 2 aromatic rings. The van der Waals surface area contributed by atoms with Gasteiger partial charge in [0.1, 0.15) is 0 Å². The van der Waals surface area contributed by atoms with Crippen LogP contribution in [0.15, 0.2) is 60.7 Å². The Morgan fingerprint density at radius 3 is 2.12 bits per heavy atom. The zero-order valence-corrected chi connectivity index (χ0v) is 10.2. The number of benzene rings is 2. The molecule has 0 aliphatic heterocycles. The molecule has 0 saturated heterocycles. The normalized spacial score (nSPS) is 11.7. The fourth-order valence-electron chi connectivity index (χ4n) is 1.58. The molecular formula is C15H13NS. The third-order valence-electron chi connectivity index (χ3n) is 2.45. The van der Waals surface area contributed by atoms with Crippen LogP contribution < -0.4 is 0 Å². The van der Waals surface area contributed by atoms with Crippen molar-refractivity contribution in [3.63, 3.8) is 0 Å². The molecule has 2 heteroatoms. The van der Waals surface area contributed by atoms with E-state index in [2.05, 4.69) is 17.0 Å². The Labute approximate surface area is 106 Å². The van der Waals surface area contributed by atoms with Crippen molar-refractivity contribution in [2.24, 2.45) is 0 Å². The van der Waals surface area contributed by atoms with Gasteiger partial charge < -0.3 is 0 Å². The Hall–Kier alpha value is -1.72. The van der Waals surface area contributed by atoms with Crippen LogP contribution in [-0.2, 0) is 5.75 Å². The largest absolute Gasteiger partial charge is 0.297 e. The number of nitrogens with zero attached hydrogens (tertiary/aromatic N) is 1. The first-order chi connectivity index (χ1) is 8.40. The maximum absolute atomic E-state index is 7.27. The molecule has 0 saturated carbocycles. The second-order valence-electron chi connectivity index (χ2n) is 3.69. The smallest absolute Gasteiger partial charge is 0.294 e. The van der Waals surface area contributed by atoms with Gasteiger partial charge in [-0.3, -0.25) is 4.85 Å². The van der Waals surface area contributed by atoms with Crippen LogP contribution in [0, 0.1) is 6.57 Å². The summed E-state index contributed by atoms with van der Waals surface area (Å²) in [4.78, 5) is 3.69. The number of hydrogen-bond donors (Lipinski definition) is 0. The Kier molecular flexibility index (Phi) is 4.23. The molecule has 84 valence electrons. The molecule has 0 fully saturated rings. The van der Waals surface area contributed by atoms with Crippen LogP contribution in [0.4, 0.5) is 0 Å². The molecule has 1 unspecified atom stereocenters.